The van der Waals surface area contributed by atoms with Crippen LogP contribution in [0, 0.1) is 46.4 Å². The summed E-state index contributed by atoms with van der Waals surface area (Å²) in [5.41, 5.74) is -1.88. The van der Waals surface area contributed by atoms with Crippen LogP contribution in [0.4, 0.5) is 17.6 Å². The highest BCUT2D eigenvalue weighted by Crippen LogP contribution is 2.23. The lowest BCUT2D eigenvalue weighted by molar-refractivity contribution is 0.0724. The summed E-state index contributed by atoms with van der Waals surface area (Å²) in [6.07, 6.45) is 0. The Morgan fingerprint density at radius 2 is 1.54 bits per heavy atom. The third-order valence-corrected chi connectivity index (χ3v) is 2.85. The van der Waals surface area contributed by atoms with Crippen molar-refractivity contribution >= 4 is 5.97 Å². The van der Waals surface area contributed by atoms with Gasteiger partial charge in [-0.2, -0.15) is 5.26 Å². The van der Waals surface area contributed by atoms with Crippen LogP contribution in [0.3, 0.4) is 0 Å². The molecule has 0 saturated heterocycles. The Kier molecular flexibility index (Phi) is 4.86. The zero-order valence-corrected chi connectivity index (χ0v) is 12.1. The molecule has 0 heterocycles. The first-order valence-electron chi connectivity index (χ1n) is 6.40. The summed E-state index contributed by atoms with van der Waals surface area (Å²) in [4.78, 5) is 11.9. The van der Waals surface area contributed by atoms with Gasteiger partial charge in [0.15, 0.2) is 0 Å². The zero-order valence-electron chi connectivity index (χ0n) is 12.1. The van der Waals surface area contributed by atoms with Crippen LogP contribution in [0.5, 0.6) is 5.75 Å². The third kappa shape index (κ3) is 3.36. The van der Waals surface area contributed by atoms with E-state index in [4.69, 9.17) is 5.26 Å². The lowest BCUT2D eigenvalue weighted by Gasteiger charge is -2.08. The second kappa shape index (κ2) is 6.84. The van der Waals surface area contributed by atoms with Gasteiger partial charge in [0, 0.05) is 17.7 Å². The Balaban J connectivity index is 2.37. The number of nitriles is 1. The topological polar surface area (TPSA) is 50.1 Å². The van der Waals surface area contributed by atoms with Crippen molar-refractivity contribution < 1.29 is 27.1 Å². The van der Waals surface area contributed by atoms with Crippen LogP contribution in [0.15, 0.2) is 24.3 Å². The molecule has 3 nitrogen and oxygen atoms in total. The van der Waals surface area contributed by atoms with Crippen molar-refractivity contribution in [3.05, 3.63) is 64.2 Å². The number of ether oxygens (including phenoxy) is 1. The highest BCUT2D eigenvalue weighted by molar-refractivity contribution is 5.91. The molecule has 0 aliphatic heterocycles. The lowest BCUT2D eigenvalue weighted by Crippen LogP contribution is -2.14. The summed E-state index contributed by atoms with van der Waals surface area (Å²) in [6.45, 7) is 1.46. The van der Waals surface area contributed by atoms with E-state index in [1.807, 2.05) is 0 Å². The van der Waals surface area contributed by atoms with E-state index in [0.29, 0.717) is 12.1 Å². The van der Waals surface area contributed by atoms with E-state index < -0.39 is 46.1 Å². The predicted octanol–water partition coefficient (Wildman–Crippen LogP) is 3.71. The molecule has 7 heteroatoms. The van der Waals surface area contributed by atoms with Crippen LogP contribution < -0.4 is 4.74 Å². The van der Waals surface area contributed by atoms with Gasteiger partial charge in [-0.05, 0) is 19.1 Å². The van der Waals surface area contributed by atoms with Gasteiger partial charge >= 0.3 is 5.97 Å². The third-order valence-electron chi connectivity index (χ3n) is 2.85. The number of rotatable bonds is 2. The monoisotopic (exact) mass is 333 g/mol. The Labute approximate surface area is 134 Å². The Morgan fingerprint density at radius 1 is 1.00 bits per heavy atom. The molecule has 0 amide bonds. The van der Waals surface area contributed by atoms with Crippen LogP contribution in [0.25, 0.3) is 0 Å². The average molecular weight is 333 g/mol. The Hall–Kier alpha value is -3.32. The molecule has 0 radical (unpaired) electrons. The van der Waals surface area contributed by atoms with Gasteiger partial charge in [0.05, 0.1) is 0 Å². The number of hydrogen-bond donors (Lipinski definition) is 0. The highest BCUT2D eigenvalue weighted by Gasteiger charge is 2.22. The molecule has 0 aromatic heterocycles. The summed E-state index contributed by atoms with van der Waals surface area (Å²) in [5, 5.41) is 8.54. The minimum atomic E-state index is -1.48. The molecular weight excluding hydrogens is 326 g/mol. The van der Waals surface area contributed by atoms with E-state index in [0.717, 1.165) is 12.1 Å². The molecule has 120 valence electrons. The number of carbonyl (C=O) groups excluding carboxylic acids is 1. The van der Waals surface area contributed by atoms with Crippen LogP contribution >= 0.6 is 0 Å². The van der Waals surface area contributed by atoms with Crippen molar-refractivity contribution in [3.63, 3.8) is 0 Å². The normalized spacial score (nSPS) is 9.67. The van der Waals surface area contributed by atoms with Gasteiger partial charge in [0.25, 0.3) is 0 Å². The van der Waals surface area contributed by atoms with E-state index >= 15 is 0 Å². The summed E-state index contributed by atoms with van der Waals surface area (Å²) in [7, 11) is 0. The number of hydrogen-bond acceptors (Lipinski definition) is 3. The van der Waals surface area contributed by atoms with Gasteiger partial charge in [-0.1, -0.05) is 5.92 Å². The number of nitrogens with zero attached hydrogens (tertiary/aromatic N) is 1. The molecule has 2 aromatic rings. The second-order valence-electron chi connectivity index (χ2n) is 4.45. The van der Waals surface area contributed by atoms with E-state index in [9.17, 15) is 22.4 Å². The van der Waals surface area contributed by atoms with E-state index in [-0.39, 0.29) is 5.56 Å². The number of halogens is 4. The molecule has 0 aliphatic rings. The SMILES string of the molecule is CC#Cc1cc(F)c(C(=O)Oc2cc(F)c(C#N)c(F)c2)c(F)c1. The fourth-order valence-electron chi connectivity index (χ4n) is 1.86. The van der Waals surface area contributed by atoms with Gasteiger partial charge in [-0.15, -0.1) is 5.92 Å². The summed E-state index contributed by atoms with van der Waals surface area (Å²) in [6, 6.07) is 4.07. The maximum Gasteiger partial charge on any atom is 0.349 e. The molecule has 0 bridgehead atoms. The molecule has 0 spiro atoms. The first-order chi connectivity index (χ1) is 11.4. The molecule has 2 aromatic carbocycles. The molecule has 0 fully saturated rings. The zero-order chi connectivity index (χ0) is 17.9. The molecule has 24 heavy (non-hydrogen) atoms. The van der Waals surface area contributed by atoms with Crippen molar-refractivity contribution in [2.45, 2.75) is 6.92 Å². The average Bonchev–Trinajstić information content (AvgIpc) is 2.46. The van der Waals surface area contributed by atoms with Crippen molar-refractivity contribution in [2.24, 2.45) is 0 Å². The maximum atomic E-state index is 13.9. The predicted molar refractivity (Wildman–Crippen MR) is 74.9 cm³/mol. The molecule has 0 atom stereocenters. The van der Waals surface area contributed by atoms with Crippen molar-refractivity contribution in [1.29, 1.82) is 5.26 Å². The first-order valence-corrected chi connectivity index (χ1v) is 6.40. The number of esters is 1. The van der Waals surface area contributed by atoms with E-state index in [2.05, 4.69) is 16.6 Å². The van der Waals surface area contributed by atoms with Gasteiger partial charge in [0.2, 0.25) is 0 Å². The van der Waals surface area contributed by atoms with Crippen LogP contribution in [-0.2, 0) is 0 Å². The molecule has 0 aliphatic carbocycles. The van der Waals surface area contributed by atoms with E-state index in [1.165, 1.54) is 13.0 Å². The fourth-order valence-corrected chi connectivity index (χ4v) is 1.86. The quantitative estimate of drug-likeness (QED) is 0.364. The summed E-state index contributed by atoms with van der Waals surface area (Å²) < 4.78 is 59.2. The first kappa shape index (κ1) is 17.0. The van der Waals surface area contributed by atoms with Gasteiger partial charge in [-0.25, -0.2) is 22.4 Å². The van der Waals surface area contributed by atoms with Gasteiger partial charge < -0.3 is 4.74 Å². The van der Waals surface area contributed by atoms with E-state index in [1.54, 1.807) is 0 Å². The maximum absolute atomic E-state index is 13.9. The summed E-state index contributed by atoms with van der Waals surface area (Å²) >= 11 is 0. The summed E-state index contributed by atoms with van der Waals surface area (Å²) in [5.74, 6) is -2.25. The Bertz CT molecular complexity index is 890. The van der Waals surface area contributed by atoms with Crippen molar-refractivity contribution in [2.75, 3.05) is 0 Å². The minimum Gasteiger partial charge on any atom is -0.423 e. The molecule has 0 saturated carbocycles. The highest BCUT2D eigenvalue weighted by atomic mass is 19.1. The van der Waals surface area contributed by atoms with Crippen molar-refractivity contribution in [1.82, 2.24) is 0 Å². The smallest absolute Gasteiger partial charge is 0.349 e. The van der Waals surface area contributed by atoms with Crippen LogP contribution in [0.2, 0.25) is 0 Å². The lowest BCUT2D eigenvalue weighted by atomic mass is 10.1. The largest absolute Gasteiger partial charge is 0.423 e. The standard InChI is InChI=1S/C17H7F4NO2/c1-2-3-9-4-14(20)16(15(21)5-9)17(23)24-10-6-12(18)11(8-22)13(19)7-10/h4-7H,1H3. The van der Waals surface area contributed by atoms with Gasteiger partial charge in [-0.3, -0.25) is 0 Å². The van der Waals surface area contributed by atoms with Crippen LogP contribution in [-0.4, -0.2) is 5.97 Å². The molecular formula is C17H7F4NO2. The molecule has 0 N–H and O–H groups in total. The van der Waals surface area contributed by atoms with Crippen molar-refractivity contribution in [3.8, 4) is 23.7 Å². The number of benzene rings is 2. The van der Waals surface area contributed by atoms with Crippen LogP contribution in [0.1, 0.15) is 28.4 Å². The van der Waals surface area contributed by atoms with Gasteiger partial charge in [0.1, 0.15) is 46.2 Å². The number of carbonyl (C=O) groups is 1. The minimum absolute atomic E-state index is 0.0134. The fraction of sp³-hybridized carbons (Fsp3) is 0.0588. The second-order valence-corrected chi connectivity index (χ2v) is 4.45. The molecule has 2 rings (SSSR count). The molecule has 0 unspecified atom stereocenters. The Morgan fingerprint density at radius 3 is 2.00 bits per heavy atom.